The molecule has 1 aliphatic heterocycles. The van der Waals surface area contributed by atoms with Crippen LogP contribution in [0.25, 0.3) is 0 Å². The van der Waals surface area contributed by atoms with Gasteiger partial charge in [0.1, 0.15) is 4.88 Å². The number of nitrogens with zero attached hydrogens (tertiary/aromatic N) is 3. The van der Waals surface area contributed by atoms with Crippen LogP contribution in [0.1, 0.15) is 35.1 Å². The van der Waals surface area contributed by atoms with Gasteiger partial charge in [0.25, 0.3) is 5.91 Å². The van der Waals surface area contributed by atoms with Gasteiger partial charge in [-0.1, -0.05) is 11.4 Å². The third-order valence-corrected chi connectivity index (χ3v) is 4.17. The van der Waals surface area contributed by atoms with Gasteiger partial charge in [0, 0.05) is 19.1 Å². The number of aromatic nitrogens is 2. The minimum absolute atomic E-state index is 0.0415. The standard InChI is InChI=1S/C11H18N4OS/c1-7-3-4-15(9(5-7)6-12)11(16)10-8(2)13-14-17-10/h7,9H,3-6,12H2,1-2H3. The smallest absolute Gasteiger partial charge is 0.267 e. The fourth-order valence-electron chi connectivity index (χ4n) is 2.30. The maximum atomic E-state index is 12.4. The minimum Gasteiger partial charge on any atom is -0.334 e. The van der Waals surface area contributed by atoms with Gasteiger partial charge in [0.15, 0.2) is 0 Å². The van der Waals surface area contributed by atoms with Crippen molar-refractivity contribution in [1.82, 2.24) is 14.5 Å². The normalized spacial score (nSPS) is 25.0. The van der Waals surface area contributed by atoms with E-state index in [2.05, 4.69) is 16.5 Å². The Labute approximate surface area is 105 Å². The molecule has 2 rings (SSSR count). The maximum Gasteiger partial charge on any atom is 0.267 e. The number of amides is 1. The van der Waals surface area contributed by atoms with E-state index in [-0.39, 0.29) is 11.9 Å². The molecule has 0 aromatic carbocycles. The molecule has 1 amide bonds. The predicted octanol–water partition coefficient (Wildman–Crippen LogP) is 1.05. The highest BCUT2D eigenvalue weighted by Gasteiger charge is 2.31. The first-order valence-corrected chi connectivity index (χ1v) is 6.70. The van der Waals surface area contributed by atoms with Crippen molar-refractivity contribution < 1.29 is 4.79 Å². The van der Waals surface area contributed by atoms with E-state index in [0.29, 0.717) is 17.3 Å². The van der Waals surface area contributed by atoms with Gasteiger partial charge in [0.05, 0.1) is 5.69 Å². The zero-order chi connectivity index (χ0) is 12.4. The number of carbonyl (C=O) groups excluding carboxylic acids is 1. The van der Waals surface area contributed by atoms with E-state index in [1.165, 1.54) is 11.5 Å². The largest absolute Gasteiger partial charge is 0.334 e. The van der Waals surface area contributed by atoms with E-state index < -0.39 is 0 Å². The summed E-state index contributed by atoms with van der Waals surface area (Å²) < 4.78 is 3.82. The van der Waals surface area contributed by atoms with Crippen LogP contribution in [0.15, 0.2) is 0 Å². The van der Waals surface area contributed by atoms with Crippen molar-refractivity contribution in [2.75, 3.05) is 13.1 Å². The molecular formula is C11H18N4OS. The van der Waals surface area contributed by atoms with Crippen LogP contribution < -0.4 is 5.73 Å². The summed E-state index contributed by atoms with van der Waals surface area (Å²) in [4.78, 5) is 14.9. The first kappa shape index (κ1) is 12.4. The average molecular weight is 254 g/mol. The summed E-state index contributed by atoms with van der Waals surface area (Å²) in [5.74, 6) is 0.688. The zero-order valence-electron chi connectivity index (χ0n) is 10.2. The molecule has 5 nitrogen and oxygen atoms in total. The first-order chi connectivity index (χ1) is 8.13. The van der Waals surface area contributed by atoms with Gasteiger partial charge in [-0.3, -0.25) is 4.79 Å². The van der Waals surface area contributed by atoms with E-state index >= 15 is 0 Å². The summed E-state index contributed by atoms with van der Waals surface area (Å²) in [6.07, 6.45) is 2.04. The second kappa shape index (κ2) is 5.10. The first-order valence-electron chi connectivity index (χ1n) is 5.93. The van der Waals surface area contributed by atoms with Crippen molar-refractivity contribution in [2.45, 2.75) is 32.7 Å². The lowest BCUT2D eigenvalue weighted by Crippen LogP contribution is -2.49. The summed E-state index contributed by atoms with van der Waals surface area (Å²) in [7, 11) is 0. The number of aryl methyl sites for hydroxylation is 1. The fraction of sp³-hybridized carbons (Fsp3) is 0.727. The Bertz CT molecular complexity index is 406. The monoisotopic (exact) mass is 254 g/mol. The third-order valence-electron chi connectivity index (χ3n) is 3.36. The van der Waals surface area contributed by atoms with Gasteiger partial charge in [-0.2, -0.15) is 0 Å². The Morgan fingerprint density at radius 3 is 3.00 bits per heavy atom. The molecule has 1 saturated heterocycles. The number of nitrogens with two attached hydrogens (primary N) is 1. The quantitative estimate of drug-likeness (QED) is 0.856. The molecule has 0 aliphatic carbocycles. The predicted molar refractivity (Wildman–Crippen MR) is 66.9 cm³/mol. The van der Waals surface area contributed by atoms with Crippen LogP contribution in [0.3, 0.4) is 0 Å². The summed E-state index contributed by atoms with van der Waals surface area (Å²) in [6.45, 7) is 5.35. The van der Waals surface area contributed by atoms with Gasteiger partial charge in [-0.15, -0.1) is 5.10 Å². The van der Waals surface area contributed by atoms with Gasteiger partial charge >= 0.3 is 0 Å². The van der Waals surface area contributed by atoms with Crippen molar-refractivity contribution in [3.8, 4) is 0 Å². The molecule has 0 radical (unpaired) electrons. The highest BCUT2D eigenvalue weighted by molar-refractivity contribution is 7.07. The van der Waals surface area contributed by atoms with Crippen LogP contribution in [-0.4, -0.2) is 39.5 Å². The van der Waals surface area contributed by atoms with Crippen molar-refractivity contribution in [3.05, 3.63) is 10.6 Å². The van der Waals surface area contributed by atoms with Gasteiger partial charge in [-0.05, 0) is 37.2 Å². The van der Waals surface area contributed by atoms with Gasteiger partial charge in [0.2, 0.25) is 0 Å². The fourth-order valence-corrected chi connectivity index (χ4v) is 2.91. The van der Waals surface area contributed by atoms with Gasteiger partial charge in [-0.25, -0.2) is 0 Å². The number of hydrogen-bond donors (Lipinski definition) is 1. The summed E-state index contributed by atoms with van der Waals surface area (Å²) in [5, 5.41) is 3.89. The molecule has 94 valence electrons. The van der Waals surface area contributed by atoms with Crippen LogP contribution in [0.2, 0.25) is 0 Å². The summed E-state index contributed by atoms with van der Waals surface area (Å²) >= 11 is 1.17. The van der Waals surface area contributed by atoms with Crippen LogP contribution >= 0.6 is 11.5 Å². The topological polar surface area (TPSA) is 72.1 Å². The second-order valence-corrected chi connectivity index (χ2v) is 5.46. The molecule has 2 heterocycles. The molecule has 0 spiro atoms. The van der Waals surface area contributed by atoms with E-state index in [0.717, 1.165) is 25.1 Å². The molecule has 1 fully saturated rings. The highest BCUT2D eigenvalue weighted by atomic mass is 32.1. The van der Waals surface area contributed by atoms with Crippen molar-refractivity contribution in [1.29, 1.82) is 0 Å². The summed E-state index contributed by atoms with van der Waals surface area (Å²) in [6, 6.07) is 0.160. The Morgan fingerprint density at radius 2 is 2.41 bits per heavy atom. The lowest BCUT2D eigenvalue weighted by molar-refractivity contribution is 0.0577. The Morgan fingerprint density at radius 1 is 1.65 bits per heavy atom. The lowest BCUT2D eigenvalue weighted by Gasteiger charge is -2.37. The molecule has 17 heavy (non-hydrogen) atoms. The number of rotatable bonds is 2. The number of likely N-dealkylation sites (tertiary alicyclic amines) is 1. The second-order valence-electron chi connectivity index (χ2n) is 4.71. The van der Waals surface area contributed by atoms with Crippen LogP contribution in [0.5, 0.6) is 0 Å². The molecule has 2 N–H and O–H groups in total. The molecule has 6 heteroatoms. The van der Waals surface area contributed by atoms with E-state index in [4.69, 9.17) is 5.73 Å². The number of carbonyl (C=O) groups is 1. The molecule has 0 bridgehead atoms. The van der Waals surface area contributed by atoms with Crippen LogP contribution in [0, 0.1) is 12.8 Å². The van der Waals surface area contributed by atoms with E-state index in [1.807, 2.05) is 11.8 Å². The maximum absolute atomic E-state index is 12.4. The molecule has 0 saturated carbocycles. The molecule has 1 aliphatic rings. The van der Waals surface area contributed by atoms with E-state index in [9.17, 15) is 4.79 Å². The average Bonchev–Trinajstić information content (AvgIpc) is 2.74. The van der Waals surface area contributed by atoms with Crippen LogP contribution in [-0.2, 0) is 0 Å². The number of piperidine rings is 1. The van der Waals surface area contributed by atoms with E-state index in [1.54, 1.807) is 0 Å². The Hall–Kier alpha value is -1.01. The molecular weight excluding hydrogens is 236 g/mol. The Kier molecular flexibility index (Phi) is 3.73. The lowest BCUT2D eigenvalue weighted by atomic mass is 9.92. The molecule has 1 aromatic heterocycles. The molecule has 2 atom stereocenters. The summed E-state index contributed by atoms with van der Waals surface area (Å²) in [5.41, 5.74) is 6.48. The number of hydrogen-bond acceptors (Lipinski definition) is 5. The minimum atomic E-state index is 0.0415. The SMILES string of the molecule is Cc1nnsc1C(=O)N1CCC(C)CC1CN. The molecule has 1 aromatic rings. The zero-order valence-corrected chi connectivity index (χ0v) is 11.0. The third kappa shape index (κ3) is 2.47. The van der Waals surface area contributed by atoms with Crippen molar-refractivity contribution in [3.63, 3.8) is 0 Å². The van der Waals surface area contributed by atoms with Crippen molar-refractivity contribution >= 4 is 17.4 Å². The van der Waals surface area contributed by atoms with Crippen LogP contribution in [0.4, 0.5) is 0 Å². The van der Waals surface area contributed by atoms with Crippen molar-refractivity contribution in [2.24, 2.45) is 11.7 Å². The highest BCUT2D eigenvalue weighted by Crippen LogP contribution is 2.24. The Balaban J connectivity index is 2.16. The molecule has 2 unspecified atom stereocenters. The van der Waals surface area contributed by atoms with Gasteiger partial charge < -0.3 is 10.6 Å².